The van der Waals surface area contributed by atoms with Crippen LogP contribution in [0.15, 0.2) is 47.3 Å². The third-order valence-electron chi connectivity index (χ3n) is 5.15. The van der Waals surface area contributed by atoms with E-state index in [0.29, 0.717) is 42.0 Å². The predicted molar refractivity (Wildman–Crippen MR) is 129 cm³/mol. The predicted octanol–water partition coefficient (Wildman–Crippen LogP) is 3.46. The Morgan fingerprint density at radius 2 is 1.56 bits per heavy atom. The number of nitrogens with one attached hydrogen (secondary N) is 2. The quantitative estimate of drug-likeness (QED) is 0.350. The van der Waals surface area contributed by atoms with Gasteiger partial charge in [-0.3, -0.25) is 25.2 Å². The molecule has 0 radical (unpaired) electrons. The lowest BCUT2D eigenvalue weighted by atomic mass is 10.1. The Morgan fingerprint density at radius 3 is 2.26 bits per heavy atom. The monoisotopic (exact) mass is 466 g/mol. The average molecular weight is 467 g/mol. The molecular weight excluding hydrogens is 436 g/mol. The van der Waals surface area contributed by atoms with Gasteiger partial charge in [0.05, 0.1) is 18.6 Å². The van der Waals surface area contributed by atoms with Crippen molar-refractivity contribution < 1.29 is 19.1 Å². The summed E-state index contributed by atoms with van der Waals surface area (Å²) >= 11 is 0. The van der Waals surface area contributed by atoms with Gasteiger partial charge in [-0.1, -0.05) is 38.0 Å². The van der Waals surface area contributed by atoms with Crippen molar-refractivity contribution in [3.63, 3.8) is 0 Å². The Kier molecular flexibility index (Phi) is 8.61. The number of fused-ring (bicyclic) bond motifs is 1. The molecule has 0 bridgehead atoms. The first-order valence-electron chi connectivity index (χ1n) is 11.5. The van der Waals surface area contributed by atoms with Crippen molar-refractivity contribution in [3.8, 4) is 11.5 Å². The molecule has 2 aromatic carbocycles. The summed E-state index contributed by atoms with van der Waals surface area (Å²) in [6, 6.07) is 11.6. The van der Waals surface area contributed by atoms with Crippen molar-refractivity contribution in [2.24, 2.45) is 0 Å². The van der Waals surface area contributed by atoms with Gasteiger partial charge in [-0.2, -0.15) is 5.10 Å². The second kappa shape index (κ2) is 11.8. The Morgan fingerprint density at radius 1 is 0.882 bits per heavy atom. The molecule has 34 heavy (non-hydrogen) atoms. The van der Waals surface area contributed by atoms with Gasteiger partial charge in [0.1, 0.15) is 0 Å². The molecule has 0 saturated carbocycles. The van der Waals surface area contributed by atoms with Crippen LogP contribution in [0, 0.1) is 0 Å². The minimum atomic E-state index is -0.621. The van der Waals surface area contributed by atoms with Crippen molar-refractivity contribution in [2.75, 3.05) is 13.2 Å². The number of carbonyl (C=O) groups is 2. The zero-order valence-electron chi connectivity index (χ0n) is 19.7. The molecule has 3 aromatic rings. The summed E-state index contributed by atoms with van der Waals surface area (Å²) in [6.45, 7) is 7.05. The van der Waals surface area contributed by atoms with Crippen molar-refractivity contribution in [3.05, 3.63) is 64.1 Å². The SMILES string of the molecule is CCCCCn1nc(C(=O)NNC(=O)c2ccc(OCC)c(OCC)c2)c2ccccc2c1=O. The number of nitrogens with zero attached hydrogens (tertiary/aromatic N) is 2. The molecule has 2 N–H and O–H groups in total. The van der Waals surface area contributed by atoms with Crippen molar-refractivity contribution in [1.82, 2.24) is 20.6 Å². The van der Waals surface area contributed by atoms with Crippen molar-refractivity contribution in [2.45, 2.75) is 46.6 Å². The van der Waals surface area contributed by atoms with Crippen molar-refractivity contribution in [1.29, 1.82) is 0 Å². The van der Waals surface area contributed by atoms with Crippen LogP contribution in [0.4, 0.5) is 0 Å². The summed E-state index contributed by atoms with van der Waals surface area (Å²) in [5.74, 6) is -0.177. The first kappa shape index (κ1) is 24.8. The Hall–Kier alpha value is -3.88. The van der Waals surface area contributed by atoms with Crippen LogP contribution in [-0.4, -0.2) is 34.8 Å². The van der Waals surface area contributed by atoms with Gasteiger partial charge in [0.15, 0.2) is 17.2 Å². The number of benzene rings is 2. The van der Waals surface area contributed by atoms with E-state index >= 15 is 0 Å². The Labute approximate surface area is 198 Å². The summed E-state index contributed by atoms with van der Waals surface area (Å²) in [5.41, 5.74) is 4.92. The maximum atomic E-state index is 12.9. The minimum absolute atomic E-state index is 0.0636. The largest absolute Gasteiger partial charge is 0.490 e. The third kappa shape index (κ3) is 5.72. The molecule has 2 amide bonds. The zero-order valence-corrected chi connectivity index (χ0v) is 19.7. The molecule has 9 heteroatoms. The number of hydrogen-bond acceptors (Lipinski definition) is 6. The Balaban J connectivity index is 1.81. The van der Waals surface area contributed by atoms with Gasteiger partial charge in [0.2, 0.25) is 0 Å². The summed E-state index contributed by atoms with van der Waals surface area (Å²) < 4.78 is 12.4. The van der Waals surface area contributed by atoms with Crippen LogP contribution in [0.1, 0.15) is 60.9 Å². The number of hydrogen-bond donors (Lipinski definition) is 2. The van der Waals surface area contributed by atoms with Crippen LogP contribution in [0.3, 0.4) is 0 Å². The lowest BCUT2D eigenvalue weighted by Gasteiger charge is -2.13. The summed E-state index contributed by atoms with van der Waals surface area (Å²) in [4.78, 5) is 38.4. The molecule has 0 unspecified atom stereocenters. The lowest BCUT2D eigenvalue weighted by molar-refractivity contribution is 0.0843. The molecule has 0 atom stereocenters. The zero-order chi connectivity index (χ0) is 24.5. The highest BCUT2D eigenvalue weighted by Crippen LogP contribution is 2.28. The number of rotatable bonds is 10. The second-order valence-electron chi connectivity index (χ2n) is 7.57. The fraction of sp³-hybridized carbons (Fsp3) is 0.360. The van der Waals surface area contributed by atoms with E-state index in [0.717, 1.165) is 19.3 Å². The van der Waals surface area contributed by atoms with Crippen molar-refractivity contribution >= 4 is 22.6 Å². The number of aromatic nitrogens is 2. The van der Waals surface area contributed by atoms with Gasteiger partial charge >= 0.3 is 0 Å². The summed E-state index contributed by atoms with van der Waals surface area (Å²) in [6.07, 6.45) is 2.72. The van der Waals surface area contributed by atoms with E-state index in [1.165, 1.54) is 4.68 Å². The van der Waals surface area contributed by atoms with Crippen LogP contribution < -0.4 is 25.9 Å². The maximum Gasteiger partial charge on any atom is 0.290 e. The Bertz CT molecular complexity index is 1220. The minimum Gasteiger partial charge on any atom is -0.490 e. The first-order chi connectivity index (χ1) is 16.5. The van der Waals surface area contributed by atoms with Gasteiger partial charge in [-0.25, -0.2) is 4.68 Å². The molecule has 1 aromatic heterocycles. The van der Waals surface area contributed by atoms with Crippen LogP contribution in [0.5, 0.6) is 11.5 Å². The highest BCUT2D eigenvalue weighted by atomic mass is 16.5. The highest BCUT2D eigenvalue weighted by molar-refractivity contribution is 6.06. The first-order valence-corrected chi connectivity index (χ1v) is 11.5. The molecule has 0 spiro atoms. The van der Waals surface area contributed by atoms with Crippen LogP contribution >= 0.6 is 0 Å². The fourth-order valence-electron chi connectivity index (χ4n) is 3.50. The topological polar surface area (TPSA) is 112 Å². The number of hydrazine groups is 1. The smallest absolute Gasteiger partial charge is 0.290 e. The molecular formula is C25H30N4O5. The normalized spacial score (nSPS) is 10.7. The summed E-state index contributed by atoms with van der Waals surface area (Å²) in [7, 11) is 0. The van der Waals surface area contributed by atoms with Gasteiger partial charge in [0.25, 0.3) is 17.4 Å². The second-order valence-corrected chi connectivity index (χ2v) is 7.57. The molecule has 3 rings (SSSR count). The lowest BCUT2D eigenvalue weighted by Crippen LogP contribution is -2.42. The number of carbonyl (C=O) groups excluding carboxylic acids is 2. The molecule has 0 aliphatic heterocycles. The van der Waals surface area contributed by atoms with Gasteiger partial charge in [-0.05, 0) is 44.5 Å². The number of ether oxygens (including phenoxy) is 2. The van der Waals surface area contributed by atoms with Crippen LogP contribution in [0.2, 0.25) is 0 Å². The van der Waals surface area contributed by atoms with E-state index in [2.05, 4.69) is 22.9 Å². The molecule has 9 nitrogen and oxygen atoms in total. The number of amides is 2. The van der Waals surface area contributed by atoms with Gasteiger partial charge < -0.3 is 9.47 Å². The van der Waals surface area contributed by atoms with Crippen LogP contribution in [-0.2, 0) is 6.54 Å². The molecule has 180 valence electrons. The summed E-state index contributed by atoms with van der Waals surface area (Å²) in [5, 5.41) is 5.12. The fourth-order valence-corrected chi connectivity index (χ4v) is 3.50. The van der Waals surface area contributed by atoms with E-state index in [9.17, 15) is 14.4 Å². The van der Waals surface area contributed by atoms with E-state index in [4.69, 9.17) is 9.47 Å². The maximum absolute atomic E-state index is 12.9. The standard InChI is InChI=1S/C25H30N4O5/c1-4-7-10-15-29-25(32)19-12-9-8-11-18(19)22(28-29)24(31)27-26-23(30)17-13-14-20(33-5-2)21(16-17)34-6-3/h8-9,11-14,16H,4-7,10,15H2,1-3H3,(H,26,30)(H,27,31). The van der Waals surface area contributed by atoms with E-state index in [1.54, 1.807) is 42.5 Å². The average Bonchev–Trinajstić information content (AvgIpc) is 2.85. The van der Waals surface area contributed by atoms with Gasteiger partial charge in [-0.15, -0.1) is 0 Å². The molecule has 1 heterocycles. The molecule has 0 aliphatic carbocycles. The van der Waals surface area contributed by atoms with Gasteiger partial charge in [0, 0.05) is 17.5 Å². The molecule has 0 fully saturated rings. The van der Waals surface area contributed by atoms with E-state index in [-0.39, 0.29) is 16.8 Å². The molecule has 0 saturated heterocycles. The molecule has 0 aliphatic rings. The van der Waals surface area contributed by atoms with Crippen LogP contribution in [0.25, 0.3) is 10.8 Å². The third-order valence-corrected chi connectivity index (χ3v) is 5.15. The highest BCUT2D eigenvalue weighted by Gasteiger charge is 2.18. The number of aryl methyl sites for hydroxylation is 1. The van der Waals surface area contributed by atoms with E-state index in [1.807, 2.05) is 13.8 Å². The van der Waals surface area contributed by atoms with E-state index < -0.39 is 11.8 Å². The number of unbranched alkanes of at least 4 members (excludes halogenated alkanes) is 2.